The predicted molar refractivity (Wildman–Crippen MR) is 125 cm³/mol. The van der Waals surface area contributed by atoms with Crippen LogP contribution in [0.1, 0.15) is 22.8 Å². The number of benzene rings is 2. The highest BCUT2D eigenvalue weighted by Crippen LogP contribution is 2.15. The van der Waals surface area contributed by atoms with Crippen LogP contribution in [-0.2, 0) is 14.8 Å². The Morgan fingerprint density at radius 3 is 2.25 bits per heavy atom. The summed E-state index contributed by atoms with van der Waals surface area (Å²) < 4.78 is 27.0. The van der Waals surface area contributed by atoms with E-state index in [-0.39, 0.29) is 11.8 Å². The molecule has 170 valence electrons. The van der Waals surface area contributed by atoms with Gasteiger partial charge in [0.1, 0.15) is 0 Å². The molecular formula is C23H28N4O4S. The fourth-order valence-electron chi connectivity index (χ4n) is 3.36. The Morgan fingerprint density at radius 2 is 1.62 bits per heavy atom. The Kier molecular flexibility index (Phi) is 8.02. The van der Waals surface area contributed by atoms with Gasteiger partial charge >= 0.3 is 0 Å². The molecule has 0 radical (unpaired) electrons. The molecule has 0 aromatic heterocycles. The third kappa shape index (κ3) is 6.93. The molecule has 2 aromatic carbocycles. The van der Waals surface area contributed by atoms with E-state index in [1.54, 1.807) is 29.2 Å². The van der Waals surface area contributed by atoms with E-state index in [1.165, 1.54) is 6.08 Å². The maximum Gasteiger partial charge on any atom is 0.255 e. The predicted octanol–water partition coefficient (Wildman–Crippen LogP) is 1.99. The molecule has 3 rings (SSSR count). The Balaban J connectivity index is 1.53. The average Bonchev–Trinajstić information content (AvgIpc) is 2.79. The molecule has 1 fully saturated rings. The standard InChI is InChI=1S/C23H28N4O4S/c1-2-24-22(28)18-26-13-15-27(16-14-26)23(29)20-8-10-21(11-9-20)25-32(30,31)17-12-19-6-4-3-5-7-19/h3-12,17,25H,2,13-16,18H2,1H3,(H,24,28)/b17-12+. The summed E-state index contributed by atoms with van der Waals surface area (Å²) in [6.07, 6.45) is 1.52. The monoisotopic (exact) mass is 456 g/mol. The second kappa shape index (κ2) is 10.9. The molecule has 0 spiro atoms. The van der Waals surface area contributed by atoms with Crippen molar-refractivity contribution in [3.63, 3.8) is 0 Å². The van der Waals surface area contributed by atoms with Crippen molar-refractivity contribution in [2.45, 2.75) is 6.92 Å². The summed E-state index contributed by atoms with van der Waals surface area (Å²) in [7, 11) is -3.67. The van der Waals surface area contributed by atoms with E-state index in [0.29, 0.717) is 50.5 Å². The molecule has 1 saturated heterocycles. The number of piperazine rings is 1. The molecule has 2 amide bonds. The maximum atomic E-state index is 12.8. The molecule has 2 aromatic rings. The van der Waals surface area contributed by atoms with Gasteiger partial charge in [0.15, 0.2) is 0 Å². The highest BCUT2D eigenvalue weighted by Gasteiger charge is 2.23. The van der Waals surface area contributed by atoms with Crippen LogP contribution in [0.15, 0.2) is 60.0 Å². The number of rotatable bonds is 8. The summed E-state index contributed by atoms with van der Waals surface area (Å²) in [5.74, 6) is -0.120. The molecule has 1 heterocycles. The summed E-state index contributed by atoms with van der Waals surface area (Å²) in [6, 6.07) is 15.5. The van der Waals surface area contributed by atoms with Crippen LogP contribution in [0.25, 0.3) is 6.08 Å². The summed E-state index contributed by atoms with van der Waals surface area (Å²) in [6.45, 7) is 5.17. The molecule has 2 N–H and O–H groups in total. The highest BCUT2D eigenvalue weighted by atomic mass is 32.2. The minimum absolute atomic E-state index is 0.0102. The molecule has 0 aliphatic carbocycles. The summed E-state index contributed by atoms with van der Waals surface area (Å²) in [5.41, 5.74) is 1.65. The van der Waals surface area contributed by atoms with Crippen LogP contribution < -0.4 is 10.0 Å². The zero-order valence-corrected chi connectivity index (χ0v) is 18.8. The lowest BCUT2D eigenvalue weighted by Crippen LogP contribution is -2.51. The number of likely N-dealkylation sites (N-methyl/N-ethyl adjacent to an activating group) is 1. The van der Waals surface area contributed by atoms with Crippen LogP contribution in [-0.4, -0.2) is 69.3 Å². The number of hydrogen-bond donors (Lipinski definition) is 2. The second-order valence-corrected chi connectivity index (χ2v) is 9.03. The number of hydrogen-bond acceptors (Lipinski definition) is 5. The van der Waals surface area contributed by atoms with Crippen molar-refractivity contribution in [1.82, 2.24) is 15.1 Å². The molecule has 0 saturated carbocycles. The third-order valence-corrected chi connectivity index (χ3v) is 6.05. The van der Waals surface area contributed by atoms with Crippen molar-refractivity contribution in [3.05, 3.63) is 71.1 Å². The molecule has 9 heteroatoms. The van der Waals surface area contributed by atoms with E-state index in [4.69, 9.17) is 0 Å². The van der Waals surface area contributed by atoms with Gasteiger partial charge in [-0.1, -0.05) is 30.3 Å². The molecule has 0 atom stereocenters. The van der Waals surface area contributed by atoms with Crippen molar-refractivity contribution < 1.29 is 18.0 Å². The SMILES string of the molecule is CCNC(=O)CN1CCN(C(=O)c2ccc(NS(=O)(=O)/C=C/c3ccccc3)cc2)CC1. The number of nitrogens with one attached hydrogen (secondary N) is 2. The topological polar surface area (TPSA) is 98.8 Å². The fourth-order valence-corrected chi connectivity index (χ4v) is 4.23. The van der Waals surface area contributed by atoms with Crippen molar-refractivity contribution in [3.8, 4) is 0 Å². The van der Waals surface area contributed by atoms with E-state index in [0.717, 1.165) is 11.0 Å². The lowest BCUT2D eigenvalue weighted by atomic mass is 10.1. The largest absolute Gasteiger partial charge is 0.355 e. The Bertz CT molecular complexity index is 1050. The number of carbonyl (C=O) groups excluding carboxylic acids is 2. The van der Waals surface area contributed by atoms with Gasteiger partial charge in [-0.3, -0.25) is 19.2 Å². The molecule has 32 heavy (non-hydrogen) atoms. The number of amides is 2. The van der Waals surface area contributed by atoms with Gasteiger partial charge in [0.2, 0.25) is 5.91 Å². The second-order valence-electron chi connectivity index (χ2n) is 7.46. The first-order valence-corrected chi connectivity index (χ1v) is 12.1. The molecule has 1 aliphatic heterocycles. The first-order valence-electron chi connectivity index (χ1n) is 10.5. The van der Waals surface area contributed by atoms with Crippen molar-refractivity contribution in [2.75, 3.05) is 44.0 Å². The van der Waals surface area contributed by atoms with Crippen LogP contribution in [0.2, 0.25) is 0 Å². The Morgan fingerprint density at radius 1 is 0.969 bits per heavy atom. The van der Waals surface area contributed by atoms with Gasteiger partial charge in [-0.05, 0) is 42.8 Å². The van der Waals surface area contributed by atoms with Gasteiger partial charge in [-0.2, -0.15) is 0 Å². The zero-order chi connectivity index (χ0) is 23.0. The van der Waals surface area contributed by atoms with Gasteiger partial charge in [-0.15, -0.1) is 0 Å². The smallest absolute Gasteiger partial charge is 0.255 e. The van der Waals surface area contributed by atoms with Crippen LogP contribution in [0.5, 0.6) is 0 Å². The van der Waals surface area contributed by atoms with Gasteiger partial charge in [0, 0.05) is 44.0 Å². The molecule has 8 nitrogen and oxygen atoms in total. The maximum absolute atomic E-state index is 12.8. The van der Waals surface area contributed by atoms with Crippen molar-refractivity contribution in [2.24, 2.45) is 0 Å². The van der Waals surface area contributed by atoms with E-state index >= 15 is 0 Å². The molecule has 0 bridgehead atoms. The van der Waals surface area contributed by atoms with Gasteiger partial charge in [0.05, 0.1) is 12.0 Å². The minimum Gasteiger partial charge on any atom is -0.355 e. The van der Waals surface area contributed by atoms with Crippen molar-refractivity contribution in [1.29, 1.82) is 0 Å². The fraction of sp³-hybridized carbons (Fsp3) is 0.304. The average molecular weight is 457 g/mol. The number of anilines is 1. The van der Waals surface area contributed by atoms with Crippen LogP contribution >= 0.6 is 0 Å². The first kappa shape index (κ1) is 23.5. The van der Waals surface area contributed by atoms with E-state index in [2.05, 4.69) is 10.0 Å². The van der Waals surface area contributed by atoms with Gasteiger partial charge in [0.25, 0.3) is 15.9 Å². The van der Waals surface area contributed by atoms with Gasteiger partial charge < -0.3 is 10.2 Å². The van der Waals surface area contributed by atoms with Gasteiger partial charge in [-0.25, -0.2) is 8.42 Å². The van der Waals surface area contributed by atoms with Crippen LogP contribution in [0.4, 0.5) is 5.69 Å². The molecule has 1 aliphatic rings. The summed E-state index contributed by atoms with van der Waals surface area (Å²) in [4.78, 5) is 28.2. The van der Waals surface area contributed by atoms with Crippen LogP contribution in [0.3, 0.4) is 0 Å². The normalized spacial score (nSPS) is 15.0. The zero-order valence-electron chi connectivity index (χ0n) is 18.0. The number of carbonyl (C=O) groups is 2. The first-order chi connectivity index (χ1) is 15.4. The quantitative estimate of drug-likeness (QED) is 0.633. The lowest BCUT2D eigenvalue weighted by Gasteiger charge is -2.34. The minimum atomic E-state index is -3.67. The Hall–Kier alpha value is -3.17. The highest BCUT2D eigenvalue weighted by molar-refractivity contribution is 7.95. The van der Waals surface area contributed by atoms with Crippen molar-refractivity contribution >= 4 is 33.6 Å². The van der Waals surface area contributed by atoms with E-state index in [1.807, 2.05) is 42.2 Å². The number of nitrogens with zero attached hydrogens (tertiary/aromatic N) is 2. The molecule has 0 unspecified atom stereocenters. The van der Waals surface area contributed by atoms with E-state index < -0.39 is 10.0 Å². The lowest BCUT2D eigenvalue weighted by molar-refractivity contribution is -0.122. The molecular weight excluding hydrogens is 428 g/mol. The summed E-state index contributed by atoms with van der Waals surface area (Å²) in [5, 5.41) is 3.89. The van der Waals surface area contributed by atoms with Crippen LogP contribution in [0, 0.1) is 0 Å². The third-order valence-electron chi connectivity index (χ3n) is 5.03. The number of sulfonamides is 1. The Labute approximate surface area is 189 Å². The van der Waals surface area contributed by atoms with E-state index in [9.17, 15) is 18.0 Å². The summed E-state index contributed by atoms with van der Waals surface area (Å²) >= 11 is 0.